The van der Waals surface area contributed by atoms with Gasteiger partial charge in [0.1, 0.15) is 0 Å². The van der Waals surface area contributed by atoms with Crippen LogP contribution in [-0.4, -0.2) is 61.4 Å². The van der Waals surface area contributed by atoms with Crippen molar-refractivity contribution in [3.8, 4) is 0 Å². The lowest BCUT2D eigenvalue weighted by atomic mass is 9.90. The molecule has 1 aliphatic rings. The summed E-state index contributed by atoms with van der Waals surface area (Å²) in [5.41, 5.74) is 0.207. The molecule has 124 valence electrons. The average molecular weight is 300 g/mol. The quantitative estimate of drug-likeness (QED) is 0.746. The molecule has 1 rings (SSSR count). The van der Waals surface area contributed by atoms with Crippen molar-refractivity contribution in [3.63, 3.8) is 0 Å². The van der Waals surface area contributed by atoms with Crippen molar-refractivity contribution >= 4 is 5.91 Å². The molecule has 0 aromatic rings. The molecule has 21 heavy (non-hydrogen) atoms. The molecule has 1 saturated heterocycles. The van der Waals surface area contributed by atoms with Crippen molar-refractivity contribution in [3.05, 3.63) is 0 Å². The van der Waals surface area contributed by atoms with Gasteiger partial charge in [-0.05, 0) is 24.7 Å². The number of aliphatic hydroxyl groups is 1. The minimum Gasteiger partial charge on any atom is -0.389 e. The molecule has 1 aliphatic heterocycles. The van der Waals surface area contributed by atoms with E-state index in [1.807, 2.05) is 0 Å². The van der Waals surface area contributed by atoms with Gasteiger partial charge in [0.2, 0.25) is 5.91 Å². The molecule has 0 aliphatic carbocycles. The normalized spacial score (nSPS) is 19.5. The van der Waals surface area contributed by atoms with Gasteiger partial charge in [-0.2, -0.15) is 0 Å². The highest BCUT2D eigenvalue weighted by Crippen LogP contribution is 2.20. The molecule has 1 atom stereocenters. The monoisotopic (exact) mass is 300 g/mol. The Morgan fingerprint density at radius 3 is 2.52 bits per heavy atom. The van der Waals surface area contributed by atoms with Crippen LogP contribution in [0.15, 0.2) is 0 Å². The first-order chi connectivity index (χ1) is 9.80. The maximum atomic E-state index is 11.9. The van der Waals surface area contributed by atoms with Crippen LogP contribution in [0.2, 0.25) is 0 Å². The SMILES string of the molecule is COCC(O)CN1CCC(NC(=O)CCC(C)(C)C)CC1. The molecule has 0 saturated carbocycles. The maximum Gasteiger partial charge on any atom is 0.220 e. The number of β-amino-alcohol motifs (C(OH)–C–C–N with tert-alkyl or cyclic N) is 1. The molecular formula is C16H32N2O3. The number of nitrogens with zero attached hydrogens (tertiary/aromatic N) is 1. The number of hydrogen-bond donors (Lipinski definition) is 2. The minimum absolute atomic E-state index is 0.169. The van der Waals surface area contributed by atoms with E-state index in [4.69, 9.17) is 4.74 Å². The number of methoxy groups -OCH3 is 1. The fraction of sp³-hybridized carbons (Fsp3) is 0.938. The van der Waals surface area contributed by atoms with Crippen LogP contribution in [0.4, 0.5) is 0 Å². The lowest BCUT2D eigenvalue weighted by Crippen LogP contribution is -2.47. The summed E-state index contributed by atoms with van der Waals surface area (Å²) in [5, 5.41) is 12.9. The van der Waals surface area contributed by atoms with Gasteiger partial charge in [0, 0.05) is 39.2 Å². The smallest absolute Gasteiger partial charge is 0.220 e. The number of carbonyl (C=O) groups is 1. The van der Waals surface area contributed by atoms with Crippen LogP contribution in [0.5, 0.6) is 0 Å². The van der Waals surface area contributed by atoms with Crippen molar-refractivity contribution in [1.29, 1.82) is 0 Å². The van der Waals surface area contributed by atoms with Gasteiger partial charge in [-0.1, -0.05) is 20.8 Å². The second kappa shape index (κ2) is 8.71. The topological polar surface area (TPSA) is 61.8 Å². The second-order valence-electron chi connectivity index (χ2n) is 7.31. The van der Waals surface area contributed by atoms with E-state index in [2.05, 4.69) is 31.0 Å². The molecule has 0 aromatic carbocycles. The fourth-order valence-electron chi connectivity index (χ4n) is 2.59. The molecule has 0 radical (unpaired) electrons. The second-order valence-corrected chi connectivity index (χ2v) is 7.31. The van der Waals surface area contributed by atoms with Crippen LogP contribution < -0.4 is 5.32 Å². The van der Waals surface area contributed by atoms with Crippen LogP contribution in [0.3, 0.4) is 0 Å². The molecule has 1 amide bonds. The molecule has 0 bridgehead atoms. The molecule has 1 unspecified atom stereocenters. The molecule has 0 spiro atoms. The maximum absolute atomic E-state index is 11.9. The summed E-state index contributed by atoms with van der Waals surface area (Å²) in [7, 11) is 1.60. The van der Waals surface area contributed by atoms with Crippen molar-refractivity contribution in [2.75, 3.05) is 33.4 Å². The van der Waals surface area contributed by atoms with Gasteiger partial charge in [0.05, 0.1) is 12.7 Å². The van der Waals surface area contributed by atoms with E-state index < -0.39 is 6.10 Å². The van der Waals surface area contributed by atoms with Gasteiger partial charge in [-0.3, -0.25) is 4.79 Å². The molecule has 2 N–H and O–H groups in total. The Kier molecular flexibility index (Phi) is 7.63. The Morgan fingerprint density at radius 2 is 2.00 bits per heavy atom. The molecule has 0 aromatic heterocycles. The average Bonchev–Trinajstić information content (AvgIpc) is 2.38. The molecule has 1 fully saturated rings. The van der Waals surface area contributed by atoms with Crippen LogP contribution in [0.1, 0.15) is 46.5 Å². The number of rotatable bonds is 7. The third kappa shape index (κ3) is 8.39. The highest BCUT2D eigenvalue weighted by molar-refractivity contribution is 5.76. The molecule has 5 nitrogen and oxygen atoms in total. The minimum atomic E-state index is -0.423. The third-order valence-electron chi connectivity index (χ3n) is 3.88. The number of piperidine rings is 1. The highest BCUT2D eigenvalue weighted by atomic mass is 16.5. The van der Waals surface area contributed by atoms with E-state index in [-0.39, 0.29) is 17.4 Å². The van der Waals surface area contributed by atoms with Crippen molar-refractivity contribution in [2.45, 2.75) is 58.6 Å². The van der Waals surface area contributed by atoms with E-state index in [1.165, 1.54) is 0 Å². The Labute approximate surface area is 129 Å². The van der Waals surface area contributed by atoms with Crippen molar-refractivity contribution < 1.29 is 14.6 Å². The first-order valence-electron chi connectivity index (χ1n) is 7.99. The standard InChI is InChI=1S/C16H32N2O3/c1-16(2,3)8-5-15(20)17-13-6-9-18(10-7-13)11-14(19)12-21-4/h13-14,19H,5-12H2,1-4H3,(H,17,20). The zero-order valence-electron chi connectivity index (χ0n) is 14.0. The predicted octanol–water partition coefficient (Wildman–Crippen LogP) is 1.40. The van der Waals surface area contributed by atoms with E-state index in [0.717, 1.165) is 32.4 Å². The van der Waals surface area contributed by atoms with Crippen molar-refractivity contribution in [1.82, 2.24) is 10.2 Å². The van der Waals surface area contributed by atoms with Crippen LogP contribution >= 0.6 is 0 Å². The Hall–Kier alpha value is -0.650. The van der Waals surface area contributed by atoms with Gasteiger partial charge in [0.25, 0.3) is 0 Å². The summed E-state index contributed by atoms with van der Waals surface area (Å²) in [6.45, 7) is 9.34. The van der Waals surface area contributed by atoms with Crippen LogP contribution in [0, 0.1) is 5.41 Å². The van der Waals surface area contributed by atoms with E-state index >= 15 is 0 Å². The lowest BCUT2D eigenvalue weighted by Gasteiger charge is -2.33. The third-order valence-corrected chi connectivity index (χ3v) is 3.88. The molecule has 5 heteroatoms. The number of nitrogens with one attached hydrogen (secondary N) is 1. The summed E-state index contributed by atoms with van der Waals surface area (Å²) in [6.07, 6.45) is 3.02. The number of amides is 1. The number of aliphatic hydroxyl groups excluding tert-OH is 1. The van der Waals surface area contributed by atoms with Gasteiger partial charge in [-0.25, -0.2) is 0 Å². The van der Waals surface area contributed by atoms with E-state index in [1.54, 1.807) is 7.11 Å². The first-order valence-corrected chi connectivity index (χ1v) is 7.99. The van der Waals surface area contributed by atoms with E-state index in [9.17, 15) is 9.90 Å². The predicted molar refractivity (Wildman–Crippen MR) is 84.2 cm³/mol. The summed E-state index contributed by atoms with van der Waals surface area (Å²) in [6, 6.07) is 0.285. The Morgan fingerprint density at radius 1 is 1.38 bits per heavy atom. The van der Waals surface area contributed by atoms with Crippen molar-refractivity contribution in [2.24, 2.45) is 5.41 Å². The number of hydrogen-bond acceptors (Lipinski definition) is 4. The van der Waals surface area contributed by atoms with Gasteiger partial charge in [0.15, 0.2) is 0 Å². The van der Waals surface area contributed by atoms with Gasteiger partial charge >= 0.3 is 0 Å². The lowest BCUT2D eigenvalue weighted by molar-refractivity contribution is -0.122. The summed E-state index contributed by atoms with van der Waals surface area (Å²) in [4.78, 5) is 14.2. The summed E-state index contributed by atoms with van der Waals surface area (Å²) < 4.78 is 4.94. The largest absolute Gasteiger partial charge is 0.389 e. The number of ether oxygens (including phenoxy) is 1. The molecular weight excluding hydrogens is 268 g/mol. The first kappa shape index (κ1) is 18.4. The number of carbonyl (C=O) groups excluding carboxylic acids is 1. The van der Waals surface area contributed by atoms with E-state index in [0.29, 0.717) is 19.6 Å². The zero-order valence-corrected chi connectivity index (χ0v) is 14.0. The highest BCUT2D eigenvalue weighted by Gasteiger charge is 2.22. The number of likely N-dealkylation sites (tertiary alicyclic amines) is 1. The van der Waals surface area contributed by atoms with Gasteiger partial charge in [-0.15, -0.1) is 0 Å². The molecule has 1 heterocycles. The summed E-state index contributed by atoms with van der Waals surface area (Å²) in [5.74, 6) is 0.169. The van der Waals surface area contributed by atoms with Crippen LogP contribution in [-0.2, 0) is 9.53 Å². The Bertz CT molecular complexity index is 307. The fourth-order valence-corrected chi connectivity index (χ4v) is 2.59. The van der Waals surface area contributed by atoms with Crippen LogP contribution in [0.25, 0.3) is 0 Å². The Balaban J connectivity index is 2.19. The van der Waals surface area contributed by atoms with Gasteiger partial charge < -0.3 is 20.1 Å². The zero-order chi connectivity index (χ0) is 15.9. The summed E-state index contributed by atoms with van der Waals surface area (Å²) >= 11 is 0.